The van der Waals surface area contributed by atoms with Gasteiger partial charge in [-0.3, -0.25) is 14.6 Å². The van der Waals surface area contributed by atoms with E-state index in [9.17, 15) is 9.59 Å². The number of fused-ring (bicyclic) bond motifs is 1. The van der Waals surface area contributed by atoms with Gasteiger partial charge in [-0.15, -0.1) is 11.3 Å². The first-order valence-corrected chi connectivity index (χ1v) is 11.6. The minimum Gasteiger partial charge on any atom is -0.332 e. The molecule has 8 heteroatoms. The van der Waals surface area contributed by atoms with E-state index in [1.807, 2.05) is 47.3 Å². The molecule has 3 aromatic rings. The quantitative estimate of drug-likeness (QED) is 0.668. The van der Waals surface area contributed by atoms with Crippen molar-refractivity contribution in [3.8, 4) is 0 Å². The van der Waals surface area contributed by atoms with Crippen molar-refractivity contribution in [2.45, 2.75) is 51.1 Å². The molecule has 0 aromatic carbocycles. The molecular weight excluding hydrogens is 410 g/mol. The van der Waals surface area contributed by atoms with Gasteiger partial charge in [-0.25, -0.2) is 4.68 Å². The standard InChI is InChI=1S/C23H25N5O2S/c1-15-12-20(28(26-15)17-7-2-3-8-17)25-22(29)18-14-27(23(30)19-9-5-11-31-19)13-16-6-4-10-24-21(16)18/h4-6,9-12,17-18H,2-3,7-8,13-14H2,1H3,(H,25,29). The first-order chi connectivity index (χ1) is 15.1. The number of thiophene rings is 1. The van der Waals surface area contributed by atoms with E-state index in [2.05, 4.69) is 15.4 Å². The number of rotatable bonds is 4. The molecule has 0 bridgehead atoms. The predicted octanol–water partition coefficient (Wildman–Crippen LogP) is 4.14. The van der Waals surface area contributed by atoms with Gasteiger partial charge in [-0.05, 0) is 42.8 Å². The summed E-state index contributed by atoms with van der Waals surface area (Å²) >= 11 is 1.42. The maximum Gasteiger partial charge on any atom is 0.264 e. The van der Waals surface area contributed by atoms with Gasteiger partial charge in [0.1, 0.15) is 5.82 Å². The van der Waals surface area contributed by atoms with Gasteiger partial charge in [0, 0.05) is 25.4 Å². The molecule has 1 unspecified atom stereocenters. The van der Waals surface area contributed by atoms with E-state index in [0.29, 0.717) is 24.0 Å². The number of aryl methyl sites for hydroxylation is 1. The zero-order chi connectivity index (χ0) is 21.4. The van der Waals surface area contributed by atoms with Gasteiger partial charge in [-0.2, -0.15) is 5.10 Å². The maximum atomic E-state index is 13.4. The third kappa shape index (κ3) is 3.87. The number of nitrogens with one attached hydrogen (secondary N) is 1. The normalized spacial score (nSPS) is 18.7. The number of carbonyl (C=O) groups is 2. The molecule has 5 rings (SSSR count). The van der Waals surface area contributed by atoms with E-state index < -0.39 is 5.92 Å². The minimum absolute atomic E-state index is 0.0471. The van der Waals surface area contributed by atoms with Crippen molar-refractivity contribution < 1.29 is 9.59 Å². The zero-order valence-corrected chi connectivity index (χ0v) is 18.3. The molecule has 4 heterocycles. The second kappa shape index (κ2) is 8.26. The smallest absolute Gasteiger partial charge is 0.264 e. The fourth-order valence-corrected chi connectivity index (χ4v) is 5.33. The summed E-state index contributed by atoms with van der Waals surface area (Å²) in [4.78, 5) is 33.4. The van der Waals surface area contributed by atoms with Crippen LogP contribution in [0, 0.1) is 6.92 Å². The number of pyridine rings is 1. The molecule has 7 nitrogen and oxygen atoms in total. The maximum absolute atomic E-state index is 13.4. The Hall–Kier alpha value is -3.00. The summed E-state index contributed by atoms with van der Waals surface area (Å²) in [5.74, 6) is 0.00612. The van der Waals surface area contributed by atoms with Crippen LogP contribution in [0.15, 0.2) is 41.9 Å². The number of carbonyl (C=O) groups excluding carboxylic acids is 2. The van der Waals surface area contributed by atoms with Crippen LogP contribution in [0.2, 0.25) is 0 Å². The van der Waals surface area contributed by atoms with Crippen LogP contribution in [0.4, 0.5) is 5.82 Å². The van der Waals surface area contributed by atoms with E-state index in [1.165, 1.54) is 24.2 Å². The first kappa shape index (κ1) is 19.9. The molecule has 1 atom stereocenters. The number of hydrogen-bond acceptors (Lipinski definition) is 5. The van der Waals surface area contributed by atoms with Crippen molar-refractivity contribution in [2.24, 2.45) is 0 Å². The van der Waals surface area contributed by atoms with Crippen molar-refractivity contribution in [1.82, 2.24) is 19.7 Å². The van der Waals surface area contributed by atoms with Crippen LogP contribution in [0.25, 0.3) is 0 Å². The van der Waals surface area contributed by atoms with E-state index in [1.54, 1.807) is 11.1 Å². The Balaban J connectivity index is 1.42. The van der Waals surface area contributed by atoms with E-state index in [-0.39, 0.29) is 11.8 Å². The van der Waals surface area contributed by atoms with Crippen LogP contribution in [0.5, 0.6) is 0 Å². The summed E-state index contributed by atoms with van der Waals surface area (Å²) in [7, 11) is 0. The molecule has 3 aromatic heterocycles. The van der Waals surface area contributed by atoms with Gasteiger partial charge >= 0.3 is 0 Å². The molecule has 1 fully saturated rings. The van der Waals surface area contributed by atoms with Gasteiger partial charge in [0.05, 0.1) is 28.2 Å². The highest BCUT2D eigenvalue weighted by Gasteiger charge is 2.35. The Morgan fingerprint density at radius 1 is 1.19 bits per heavy atom. The van der Waals surface area contributed by atoms with Crippen molar-refractivity contribution in [3.63, 3.8) is 0 Å². The second-order valence-corrected chi connectivity index (χ2v) is 9.25. The fraction of sp³-hybridized carbons (Fsp3) is 0.391. The average Bonchev–Trinajstić information content (AvgIpc) is 3.54. The SMILES string of the molecule is Cc1cc(NC(=O)C2CN(C(=O)c3cccs3)Cc3cccnc32)n(C2CCCC2)n1. The van der Waals surface area contributed by atoms with Crippen molar-refractivity contribution >= 4 is 29.0 Å². The van der Waals surface area contributed by atoms with Crippen molar-refractivity contribution in [2.75, 3.05) is 11.9 Å². The van der Waals surface area contributed by atoms with Gasteiger partial charge in [0.15, 0.2) is 0 Å². The summed E-state index contributed by atoms with van der Waals surface area (Å²) in [6.45, 7) is 2.71. The van der Waals surface area contributed by atoms with Gasteiger partial charge in [0.2, 0.25) is 5.91 Å². The Bertz CT molecular complexity index is 1100. The number of aromatic nitrogens is 3. The van der Waals surface area contributed by atoms with E-state index in [4.69, 9.17) is 0 Å². The van der Waals surface area contributed by atoms with Gasteiger partial charge in [0.25, 0.3) is 5.91 Å². The minimum atomic E-state index is -0.527. The highest BCUT2D eigenvalue weighted by Crippen LogP contribution is 2.33. The molecule has 0 spiro atoms. The van der Waals surface area contributed by atoms with Crippen molar-refractivity contribution in [3.05, 3.63) is 63.7 Å². The number of hydrogen-bond donors (Lipinski definition) is 1. The summed E-state index contributed by atoms with van der Waals surface area (Å²) in [5, 5.41) is 9.63. The molecule has 2 amide bonds. The van der Waals surface area contributed by atoms with Crippen LogP contribution in [0.1, 0.15) is 64.3 Å². The van der Waals surface area contributed by atoms with Crippen LogP contribution in [-0.2, 0) is 11.3 Å². The van der Waals surface area contributed by atoms with Crippen LogP contribution >= 0.6 is 11.3 Å². The molecule has 160 valence electrons. The summed E-state index contributed by atoms with van der Waals surface area (Å²) in [5.41, 5.74) is 2.55. The average molecular weight is 436 g/mol. The Morgan fingerprint density at radius 3 is 2.81 bits per heavy atom. The van der Waals surface area contributed by atoms with E-state index in [0.717, 1.165) is 35.6 Å². The summed E-state index contributed by atoms with van der Waals surface area (Å²) < 4.78 is 1.97. The van der Waals surface area contributed by atoms with Gasteiger partial charge in [-0.1, -0.05) is 25.0 Å². The Kier molecular flexibility index (Phi) is 5.31. The van der Waals surface area contributed by atoms with Gasteiger partial charge < -0.3 is 10.2 Å². The lowest BCUT2D eigenvalue weighted by atomic mass is 9.93. The number of amides is 2. The molecule has 0 saturated heterocycles. The molecule has 31 heavy (non-hydrogen) atoms. The number of anilines is 1. The van der Waals surface area contributed by atoms with Crippen LogP contribution in [-0.4, -0.2) is 38.0 Å². The first-order valence-electron chi connectivity index (χ1n) is 10.7. The highest BCUT2D eigenvalue weighted by molar-refractivity contribution is 7.12. The van der Waals surface area contributed by atoms with E-state index >= 15 is 0 Å². The third-order valence-corrected chi connectivity index (χ3v) is 6.99. The molecule has 1 aliphatic carbocycles. The summed E-state index contributed by atoms with van der Waals surface area (Å²) in [6, 6.07) is 9.75. The summed E-state index contributed by atoms with van der Waals surface area (Å²) in [6.07, 6.45) is 6.26. The van der Waals surface area contributed by atoms with Crippen molar-refractivity contribution in [1.29, 1.82) is 0 Å². The molecule has 1 saturated carbocycles. The third-order valence-electron chi connectivity index (χ3n) is 6.14. The lowest BCUT2D eigenvalue weighted by molar-refractivity contribution is -0.118. The Labute approximate surface area is 185 Å². The van der Waals surface area contributed by atoms with Crippen LogP contribution < -0.4 is 5.32 Å². The number of nitrogens with zero attached hydrogens (tertiary/aromatic N) is 4. The largest absolute Gasteiger partial charge is 0.332 e. The topological polar surface area (TPSA) is 80.1 Å². The van der Waals surface area contributed by atoms with Crippen LogP contribution in [0.3, 0.4) is 0 Å². The lowest BCUT2D eigenvalue weighted by Crippen LogP contribution is -2.42. The molecule has 2 aliphatic rings. The Morgan fingerprint density at radius 2 is 2.03 bits per heavy atom. The molecule has 0 radical (unpaired) electrons. The predicted molar refractivity (Wildman–Crippen MR) is 119 cm³/mol. The fourth-order valence-electron chi connectivity index (χ4n) is 4.64. The molecule has 1 aliphatic heterocycles. The highest BCUT2D eigenvalue weighted by atomic mass is 32.1. The second-order valence-electron chi connectivity index (χ2n) is 8.31. The zero-order valence-electron chi connectivity index (χ0n) is 17.5. The molecular formula is C23H25N5O2S. The molecule has 1 N–H and O–H groups in total. The lowest BCUT2D eigenvalue weighted by Gasteiger charge is -2.33. The monoisotopic (exact) mass is 435 g/mol.